The van der Waals surface area contributed by atoms with Crippen LogP contribution >= 0.6 is 0 Å². The van der Waals surface area contributed by atoms with Gasteiger partial charge in [-0.15, -0.1) is 0 Å². The highest BCUT2D eigenvalue weighted by molar-refractivity contribution is 5.26. The van der Waals surface area contributed by atoms with Crippen LogP contribution in [0.3, 0.4) is 0 Å². The molecule has 4 heterocycles. The van der Waals surface area contributed by atoms with E-state index in [9.17, 15) is 9.59 Å². The number of hydrogen-bond acceptors (Lipinski definition) is 7. The first-order valence-electron chi connectivity index (χ1n) is 10.0. The van der Waals surface area contributed by atoms with Gasteiger partial charge in [0, 0.05) is 54.1 Å². The third-order valence-electron chi connectivity index (χ3n) is 5.04. The summed E-state index contributed by atoms with van der Waals surface area (Å²) in [7, 11) is 0. The van der Waals surface area contributed by atoms with Crippen molar-refractivity contribution in [3.05, 3.63) is 80.6 Å². The lowest BCUT2D eigenvalue weighted by Crippen LogP contribution is -2.34. The van der Waals surface area contributed by atoms with Crippen molar-refractivity contribution in [2.75, 3.05) is 6.61 Å². The number of aryl methyl sites for hydroxylation is 3. The van der Waals surface area contributed by atoms with Crippen LogP contribution in [-0.4, -0.2) is 38.3 Å². The van der Waals surface area contributed by atoms with Crippen molar-refractivity contribution in [2.24, 2.45) is 0 Å². The van der Waals surface area contributed by atoms with Crippen molar-refractivity contribution in [2.45, 2.75) is 45.6 Å². The first-order valence-corrected chi connectivity index (χ1v) is 10.0. The molecule has 31 heavy (non-hydrogen) atoms. The van der Waals surface area contributed by atoms with E-state index in [1.165, 1.54) is 10.8 Å². The number of H-pyrrole nitrogens is 1. The van der Waals surface area contributed by atoms with E-state index >= 15 is 0 Å². The van der Waals surface area contributed by atoms with Crippen molar-refractivity contribution >= 4 is 0 Å². The Morgan fingerprint density at radius 1 is 1.13 bits per heavy atom. The Balaban J connectivity index is 1.56. The summed E-state index contributed by atoms with van der Waals surface area (Å²) in [6, 6.07) is 7.23. The molecule has 3 atom stereocenters. The summed E-state index contributed by atoms with van der Waals surface area (Å²) in [5.41, 5.74) is 1.22. The van der Waals surface area contributed by atoms with Gasteiger partial charge in [0.1, 0.15) is 36.5 Å². The van der Waals surface area contributed by atoms with Crippen LogP contribution in [0.1, 0.15) is 29.6 Å². The highest BCUT2D eigenvalue weighted by Crippen LogP contribution is 2.31. The highest BCUT2D eigenvalue weighted by Gasteiger charge is 2.39. The number of ether oxygens (including phenoxy) is 3. The molecule has 9 nitrogen and oxygen atoms in total. The number of aromatic amines is 1. The Morgan fingerprint density at radius 3 is 2.55 bits per heavy atom. The smallest absolute Gasteiger partial charge is 0.330 e. The van der Waals surface area contributed by atoms with Crippen LogP contribution in [0.5, 0.6) is 11.5 Å². The molecular weight excluding hydrogens is 400 g/mol. The molecule has 1 saturated heterocycles. The molecule has 0 radical (unpaired) electrons. The van der Waals surface area contributed by atoms with Gasteiger partial charge in [-0.1, -0.05) is 0 Å². The summed E-state index contributed by atoms with van der Waals surface area (Å²) in [5.74, 6) is 1.34. The van der Waals surface area contributed by atoms with Crippen molar-refractivity contribution < 1.29 is 14.2 Å². The molecule has 0 amide bonds. The second kappa shape index (κ2) is 8.73. The van der Waals surface area contributed by atoms with Gasteiger partial charge in [-0.25, -0.2) is 4.79 Å². The van der Waals surface area contributed by atoms with E-state index in [1.807, 2.05) is 26.0 Å². The molecule has 1 aliphatic heterocycles. The van der Waals surface area contributed by atoms with Crippen molar-refractivity contribution in [1.82, 2.24) is 19.5 Å². The van der Waals surface area contributed by atoms with Gasteiger partial charge in [0.15, 0.2) is 0 Å². The Bertz CT molecular complexity index is 1150. The first-order chi connectivity index (χ1) is 14.9. The van der Waals surface area contributed by atoms with Crippen molar-refractivity contribution in [3.63, 3.8) is 0 Å². The minimum Gasteiger partial charge on any atom is -0.491 e. The maximum atomic E-state index is 12.3. The van der Waals surface area contributed by atoms with Crippen LogP contribution in [0.2, 0.25) is 0 Å². The van der Waals surface area contributed by atoms with Gasteiger partial charge >= 0.3 is 5.69 Å². The van der Waals surface area contributed by atoms with E-state index in [-0.39, 0.29) is 12.7 Å². The Kier molecular flexibility index (Phi) is 5.85. The molecule has 0 aliphatic carbocycles. The maximum absolute atomic E-state index is 12.3. The van der Waals surface area contributed by atoms with Gasteiger partial charge in [-0.2, -0.15) is 0 Å². The monoisotopic (exact) mass is 424 g/mol. The largest absolute Gasteiger partial charge is 0.491 e. The number of nitrogens with zero attached hydrogens (tertiary/aromatic N) is 3. The number of nitrogens with one attached hydrogen (secondary N) is 1. The van der Waals surface area contributed by atoms with E-state index < -0.39 is 23.6 Å². The second-order valence-corrected chi connectivity index (χ2v) is 7.58. The summed E-state index contributed by atoms with van der Waals surface area (Å²) in [4.78, 5) is 34.7. The van der Waals surface area contributed by atoms with Crippen LogP contribution in [0.4, 0.5) is 0 Å². The Hall–Kier alpha value is -3.46. The van der Waals surface area contributed by atoms with Crippen LogP contribution < -0.4 is 20.7 Å². The molecule has 1 fully saturated rings. The Labute approximate surface area is 178 Å². The Morgan fingerprint density at radius 2 is 1.84 bits per heavy atom. The molecular formula is C22H24N4O5. The lowest BCUT2D eigenvalue weighted by Gasteiger charge is -2.20. The molecule has 3 aromatic heterocycles. The number of hydrogen-bond donors (Lipinski definition) is 1. The summed E-state index contributed by atoms with van der Waals surface area (Å²) in [6.07, 6.45) is 3.81. The zero-order valence-electron chi connectivity index (χ0n) is 17.6. The molecule has 0 unspecified atom stereocenters. The third-order valence-corrected chi connectivity index (χ3v) is 5.04. The number of aromatic nitrogens is 4. The van der Waals surface area contributed by atoms with E-state index in [1.54, 1.807) is 31.5 Å². The zero-order chi connectivity index (χ0) is 22.0. The second-order valence-electron chi connectivity index (χ2n) is 7.58. The van der Waals surface area contributed by atoms with Crippen LogP contribution in [0.15, 0.2) is 52.4 Å². The average molecular weight is 424 g/mol. The highest BCUT2D eigenvalue weighted by atomic mass is 16.6. The van der Waals surface area contributed by atoms with Crippen LogP contribution in [0, 0.1) is 20.8 Å². The van der Waals surface area contributed by atoms with Crippen molar-refractivity contribution in [1.29, 1.82) is 0 Å². The summed E-state index contributed by atoms with van der Waals surface area (Å²) in [6.45, 7) is 5.68. The third kappa shape index (κ3) is 4.83. The predicted molar refractivity (Wildman–Crippen MR) is 112 cm³/mol. The molecule has 0 saturated carbocycles. The van der Waals surface area contributed by atoms with E-state index in [0.29, 0.717) is 23.5 Å². The molecule has 0 bridgehead atoms. The molecule has 0 aromatic carbocycles. The molecule has 162 valence electrons. The number of pyridine rings is 2. The predicted octanol–water partition coefficient (Wildman–Crippen LogP) is 2.07. The number of rotatable bonds is 6. The van der Waals surface area contributed by atoms with Gasteiger partial charge in [-0.3, -0.25) is 24.3 Å². The average Bonchev–Trinajstić information content (AvgIpc) is 3.11. The summed E-state index contributed by atoms with van der Waals surface area (Å²) >= 11 is 0. The normalized spacial score (nSPS) is 20.5. The fourth-order valence-corrected chi connectivity index (χ4v) is 3.59. The summed E-state index contributed by atoms with van der Waals surface area (Å²) in [5, 5.41) is 0. The topological polar surface area (TPSA) is 108 Å². The van der Waals surface area contributed by atoms with Gasteiger partial charge in [0.25, 0.3) is 5.56 Å². The fraction of sp³-hybridized carbons (Fsp3) is 0.364. The molecule has 4 rings (SSSR count). The maximum Gasteiger partial charge on any atom is 0.330 e. The van der Waals surface area contributed by atoms with Crippen LogP contribution in [-0.2, 0) is 4.74 Å². The van der Waals surface area contributed by atoms with Crippen molar-refractivity contribution in [3.8, 4) is 11.5 Å². The lowest BCUT2D eigenvalue weighted by molar-refractivity contribution is -0.0373. The standard InChI is InChI=1S/C22H24N4O5/c1-13-11-26(22(28)25-21(13)27)20-10-18(30-16-4-6-23-7-5-16)19(31-20)12-29-17-8-14(2)24-15(3)9-17/h4-9,11,18-20H,10,12H2,1-3H3,(H,25,27,28)/t18-,19+,20+/m0/s1. The first kappa shape index (κ1) is 20.8. The van der Waals surface area contributed by atoms with Gasteiger partial charge in [-0.05, 0) is 32.9 Å². The fourth-order valence-electron chi connectivity index (χ4n) is 3.59. The minimum atomic E-state index is -0.593. The lowest BCUT2D eigenvalue weighted by atomic mass is 10.2. The molecule has 3 aromatic rings. The van der Waals surface area contributed by atoms with E-state index in [0.717, 1.165) is 11.4 Å². The molecule has 1 N–H and O–H groups in total. The van der Waals surface area contributed by atoms with Crippen LogP contribution in [0.25, 0.3) is 0 Å². The van der Waals surface area contributed by atoms with Gasteiger partial charge in [0.2, 0.25) is 0 Å². The zero-order valence-corrected chi connectivity index (χ0v) is 17.6. The van der Waals surface area contributed by atoms with E-state index in [2.05, 4.69) is 15.0 Å². The van der Waals surface area contributed by atoms with Gasteiger partial charge in [0.05, 0.1) is 0 Å². The molecule has 0 spiro atoms. The quantitative estimate of drug-likeness (QED) is 0.645. The molecule has 1 aliphatic rings. The van der Waals surface area contributed by atoms with Gasteiger partial charge < -0.3 is 14.2 Å². The summed E-state index contributed by atoms with van der Waals surface area (Å²) < 4.78 is 19.6. The SMILES string of the molecule is Cc1cc(OC[C@H]2O[C@@H](n3cc(C)c(=O)[nH]c3=O)C[C@@H]2Oc2ccncc2)cc(C)n1. The molecule has 9 heteroatoms. The van der Waals surface area contributed by atoms with E-state index in [4.69, 9.17) is 14.2 Å². The minimum absolute atomic E-state index is 0.228.